The van der Waals surface area contributed by atoms with E-state index in [2.05, 4.69) is 12.2 Å². The van der Waals surface area contributed by atoms with Crippen LogP contribution in [-0.2, 0) is 4.74 Å². The van der Waals surface area contributed by atoms with Crippen LogP contribution in [-0.4, -0.2) is 19.8 Å². The largest absolute Gasteiger partial charge is 0.465 e. The summed E-state index contributed by atoms with van der Waals surface area (Å²) >= 11 is 0. The van der Waals surface area contributed by atoms with Crippen molar-refractivity contribution in [2.75, 3.05) is 19.8 Å². The van der Waals surface area contributed by atoms with Crippen molar-refractivity contribution < 1.29 is 9.15 Å². The van der Waals surface area contributed by atoms with Crippen LogP contribution in [0.15, 0.2) is 16.5 Å². The molecule has 1 fully saturated rings. The minimum absolute atomic E-state index is 0.291. The van der Waals surface area contributed by atoms with E-state index in [4.69, 9.17) is 9.15 Å². The molecular formula is C12H19NO2. The number of ether oxygens (including phenoxy) is 1. The molecule has 0 radical (unpaired) electrons. The van der Waals surface area contributed by atoms with Crippen molar-refractivity contribution in [1.29, 1.82) is 0 Å². The quantitative estimate of drug-likeness (QED) is 0.826. The lowest BCUT2D eigenvalue weighted by molar-refractivity contribution is 0.184. The Morgan fingerprint density at radius 3 is 3.00 bits per heavy atom. The van der Waals surface area contributed by atoms with Gasteiger partial charge in [-0.15, -0.1) is 0 Å². The highest BCUT2D eigenvalue weighted by molar-refractivity contribution is 5.08. The molecule has 1 aromatic heterocycles. The van der Waals surface area contributed by atoms with Crippen LogP contribution >= 0.6 is 0 Å². The molecule has 1 saturated heterocycles. The lowest BCUT2D eigenvalue weighted by Gasteiger charge is -2.14. The Morgan fingerprint density at radius 2 is 2.40 bits per heavy atom. The number of nitrogens with one attached hydrogen (secondary N) is 1. The maximum atomic E-state index is 5.57. The third-order valence-corrected chi connectivity index (χ3v) is 2.92. The van der Waals surface area contributed by atoms with Crippen LogP contribution in [0.1, 0.15) is 30.9 Å². The summed E-state index contributed by atoms with van der Waals surface area (Å²) in [6.45, 7) is 6.94. The van der Waals surface area contributed by atoms with Crippen LogP contribution in [0.25, 0.3) is 0 Å². The van der Waals surface area contributed by atoms with E-state index in [0.717, 1.165) is 31.3 Å². The summed E-state index contributed by atoms with van der Waals surface area (Å²) in [6, 6.07) is 4.34. The van der Waals surface area contributed by atoms with E-state index in [1.807, 2.05) is 19.1 Å². The summed E-state index contributed by atoms with van der Waals surface area (Å²) in [5.41, 5.74) is 0. The van der Waals surface area contributed by atoms with Gasteiger partial charge < -0.3 is 14.5 Å². The molecule has 1 aliphatic rings. The van der Waals surface area contributed by atoms with Gasteiger partial charge in [0.1, 0.15) is 11.5 Å². The van der Waals surface area contributed by atoms with Gasteiger partial charge in [-0.3, -0.25) is 0 Å². The summed E-state index contributed by atoms with van der Waals surface area (Å²) in [6.07, 6.45) is 1.18. The lowest BCUT2D eigenvalue weighted by Crippen LogP contribution is -2.25. The predicted octanol–water partition coefficient (Wildman–Crippen LogP) is 2.28. The van der Waals surface area contributed by atoms with E-state index in [9.17, 15) is 0 Å². The zero-order chi connectivity index (χ0) is 10.7. The summed E-state index contributed by atoms with van der Waals surface area (Å²) in [4.78, 5) is 0. The zero-order valence-electron chi connectivity index (χ0n) is 9.45. The SMILES string of the molecule is Cc1ccc(C(C)NCC2CCOC2)o1. The Morgan fingerprint density at radius 1 is 1.53 bits per heavy atom. The molecule has 15 heavy (non-hydrogen) atoms. The van der Waals surface area contributed by atoms with E-state index in [-0.39, 0.29) is 0 Å². The molecule has 2 rings (SSSR count). The van der Waals surface area contributed by atoms with E-state index < -0.39 is 0 Å². The summed E-state index contributed by atoms with van der Waals surface area (Å²) in [7, 11) is 0. The molecule has 1 N–H and O–H groups in total. The van der Waals surface area contributed by atoms with Crippen LogP contribution in [0.3, 0.4) is 0 Å². The van der Waals surface area contributed by atoms with Crippen molar-refractivity contribution in [3.8, 4) is 0 Å². The van der Waals surface area contributed by atoms with Crippen LogP contribution in [0.2, 0.25) is 0 Å². The second-order valence-electron chi connectivity index (χ2n) is 4.31. The zero-order valence-corrected chi connectivity index (χ0v) is 9.45. The highest BCUT2D eigenvalue weighted by Crippen LogP contribution is 2.17. The number of hydrogen-bond acceptors (Lipinski definition) is 3. The fourth-order valence-electron chi connectivity index (χ4n) is 1.87. The number of rotatable bonds is 4. The average Bonchev–Trinajstić information content (AvgIpc) is 2.84. The van der Waals surface area contributed by atoms with Gasteiger partial charge in [0.05, 0.1) is 12.6 Å². The monoisotopic (exact) mass is 209 g/mol. The number of aryl methyl sites for hydroxylation is 1. The molecule has 0 spiro atoms. The maximum Gasteiger partial charge on any atom is 0.120 e. The van der Waals surface area contributed by atoms with Gasteiger partial charge in [0.25, 0.3) is 0 Å². The molecule has 2 atom stereocenters. The molecule has 3 heteroatoms. The standard InChI is InChI=1S/C12H19NO2/c1-9-3-4-12(15-9)10(2)13-7-11-5-6-14-8-11/h3-4,10-11,13H,5-8H2,1-2H3. The summed E-state index contributed by atoms with van der Waals surface area (Å²) < 4.78 is 10.9. The smallest absolute Gasteiger partial charge is 0.120 e. The fourth-order valence-corrected chi connectivity index (χ4v) is 1.87. The molecule has 0 aliphatic carbocycles. The van der Waals surface area contributed by atoms with Gasteiger partial charge in [-0.1, -0.05) is 0 Å². The summed E-state index contributed by atoms with van der Waals surface area (Å²) in [5, 5.41) is 3.48. The Labute approximate surface area is 90.8 Å². The van der Waals surface area contributed by atoms with Gasteiger partial charge in [0, 0.05) is 13.2 Å². The highest BCUT2D eigenvalue weighted by Gasteiger charge is 2.17. The molecular weight excluding hydrogens is 190 g/mol. The predicted molar refractivity (Wildman–Crippen MR) is 58.8 cm³/mol. The van der Waals surface area contributed by atoms with Crippen molar-refractivity contribution in [2.24, 2.45) is 5.92 Å². The second kappa shape index (κ2) is 4.81. The molecule has 2 unspecified atom stereocenters. The fraction of sp³-hybridized carbons (Fsp3) is 0.667. The Kier molecular flexibility index (Phi) is 3.44. The molecule has 0 aromatic carbocycles. The van der Waals surface area contributed by atoms with Crippen LogP contribution in [0.5, 0.6) is 0 Å². The van der Waals surface area contributed by atoms with Gasteiger partial charge >= 0.3 is 0 Å². The molecule has 1 aliphatic heterocycles. The summed E-state index contributed by atoms with van der Waals surface area (Å²) in [5.74, 6) is 2.66. The van der Waals surface area contributed by atoms with E-state index >= 15 is 0 Å². The van der Waals surface area contributed by atoms with Gasteiger partial charge in [-0.25, -0.2) is 0 Å². The lowest BCUT2D eigenvalue weighted by atomic mass is 10.1. The minimum atomic E-state index is 0.291. The number of furan rings is 1. The molecule has 0 saturated carbocycles. The Balaban J connectivity index is 1.79. The van der Waals surface area contributed by atoms with Crippen molar-refractivity contribution >= 4 is 0 Å². The molecule has 84 valence electrons. The normalized spacial score (nSPS) is 23.2. The van der Waals surface area contributed by atoms with Gasteiger partial charge in [0.2, 0.25) is 0 Å². The minimum Gasteiger partial charge on any atom is -0.465 e. The van der Waals surface area contributed by atoms with Crippen molar-refractivity contribution in [1.82, 2.24) is 5.32 Å². The maximum absolute atomic E-state index is 5.57. The van der Waals surface area contributed by atoms with E-state index in [0.29, 0.717) is 12.0 Å². The van der Waals surface area contributed by atoms with Crippen molar-refractivity contribution in [3.63, 3.8) is 0 Å². The van der Waals surface area contributed by atoms with Gasteiger partial charge in [-0.05, 0) is 38.3 Å². The third-order valence-electron chi connectivity index (χ3n) is 2.92. The Hall–Kier alpha value is -0.800. The first-order valence-corrected chi connectivity index (χ1v) is 5.63. The van der Waals surface area contributed by atoms with Gasteiger partial charge in [-0.2, -0.15) is 0 Å². The third kappa shape index (κ3) is 2.83. The molecule has 1 aromatic rings. The van der Waals surface area contributed by atoms with Crippen molar-refractivity contribution in [2.45, 2.75) is 26.3 Å². The van der Waals surface area contributed by atoms with E-state index in [1.54, 1.807) is 0 Å². The molecule has 2 heterocycles. The average molecular weight is 209 g/mol. The first kappa shape index (κ1) is 10.7. The molecule has 0 amide bonds. The molecule has 3 nitrogen and oxygen atoms in total. The van der Waals surface area contributed by atoms with Crippen molar-refractivity contribution in [3.05, 3.63) is 23.7 Å². The Bertz CT molecular complexity index is 302. The topological polar surface area (TPSA) is 34.4 Å². The van der Waals surface area contributed by atoms with Crippen LogP contribution in [0, 0.1) is 12.8 Å². The first-order chi connectivity index (χ1) is 7.25. The van der Waals surface area contributed by atoms with Gasteiger partial charge in [0.15, 0.2) is 0 Å². The van der Waals surface area contributed by atoms with Crippen LogP contribution in [0.4, 0.5) is 0 Å². The molecule has 0 bridgehead atoms. The van der Waals surface area contributed by atoms with Crippen LogP contribution < -0.4 is 5.32 Å². The first-order valence-electron chi connectivity index (χ1n) is 5.63. The van der Waals surface area contributed by atoms with E-state index in [1.165, 1.54) is 6.42 Å². The second-order valence-corrected chi connectivity index (χ2v) is 4.31. The highest BCUT2D eigenvalue weighted by atomic mass is 16.5. The number of hydrogen-bond donors (Lipinski definition) is 1.